The van der Waals surface area contributed by atoms with Crippen molar-refractivity contribution in [3.63, 3.8) is 0 Å². The molecule has 1 unspecified atom stereocenters. The van der Waals surface area contributed by atoms with Crippen molar-refractivity contribution in [1.29, 1.82) is 0 Å². The Morgan fingerprint density at radius 1 is 1.24 bits per heavy atom. The summed E-state index contributed by atoms with van der Waals surface area (Å²) >= 11 is 0. The highest BCUT2D eigenvalue weighted by atomic mass is 16.9. The molecule has 25 heavy (non-hydrogen) atoms. The molecule has 2 rings (SSSR count). The first-order chi connectivity index (χ1) is 12.1. The number of anilines is 1. The van der Waals surface area contributed by atoms with E-state index in [0.717, 1.165) is 50.1 Å². The minimum Gasteiger partial charge on any atom is -0.495 e. The van der Waals surface area contributed by atoms with Crippen molar-refractivity contribution in [2.24, 2.45) is 0 Å². The molecule has 7 heteroatoms. The van der Waals surface area contributed by atoms with Gasteiger partial charge in [-0.1, -0.05) is 31.4 Å². The molecule has 1 aromatic rings. The Morgan fingerprint density at radius 3 is 2.76 bits per heavy atom. The summed E-state index contributed by atoms with van der Waals surface area (Å²) in [6.07, 6.45) is 9.18. The number of fused-ring (bicyclic) bond motifs is 1. The number of rotatable bonds is 11. The first kappa shape index (κ1) is 19.1. The van der Waals surface area contributed by atoms with Crippen molar-refractivity contribution < 1.29 is 14.7 Å². The molecule has 0 spiro atoms. The van der Waals surface area contributed by atoms with Crippen molar-refractivity contribution in [2.75, 3.05) is 32.2 Å². The summed E-state index contributed by atoms with van der Waals surface area (Å²) in [5.41, 5.74) is 2.33. The van der Waals surface area contributed by atoms with E-state index >= 15 is 0 Å². The van der Waals surface area contributed by atoms with Crippen molar-refractivity contribution in [2.45, 2.75) is 38.1 Å². The topological polar surface area (TPSA) is 76.9 Å². The van der Waals surface area contributed by atoms with Crippen LogP contribution < -0.4 is 15.0 Å². The second-order valence-electron chi connectivity index (χ2n) is 6.11. The van der Waals surface area contributed by atoms with Crippen LogP contribution in [-0.2, 0) is 4.84 Å². The van der Waals surface area contributed by atoms with Crippen molar-refractivity contribution in [1.82, 2.24) is 5.32 Å². The lowest BCUT2D eigenvalue weighted by molar-refractivity contribution is -0.757. The minimum absolute atomic E-state index is 0.190. The summed E-state index contributed by atoms with van der Waals surface area (Å²) in [6.45, 7) is 1.13. The van der Waals surface area contributed by atoms with Crippen LogP contribution in [0.4, 0.5) is 5.69 Å². The maximum absolute atomic E-state index is 10.0. The lowest BCUT2D eigenvalue weighted by atomic mass is 10.00. The van der Waals surface area contributed by atoms with Gasteiger partial charge < -0.3 is 19.8 Å². The van der Waals surface area contributed by atoms with Crippen LogP contribution in [0.5, 0.6) is 5.75 Å². The molecule has 1 aromatic carbocycles. The van der Waals surface area contributed by atoms with Crippen LogP contribution in [-0.4, -0.2) is 32.4 Å². The van der Waals surface area contributed by atoms with Gasteiger partial charge in [0.05, 0.1) is 25.4 Å². The number of methoxy groups -OCH3 is 1. The summed E-state index contributed by atoms with van der Waals surface area (Å²) in [5.74, 6) is 0.882. The van der Waals surface area contributed by atoms with Gasteiger partial charge >= 0.3 is 0 Å². The third-order valence-corrected chi connectivity index (χ3v) is 4.32. The van der Waals surface area contributed by atoms with Crippen LogP contribution in [0.25, 0.3) is 0 Å². The van der Waals surface area contributed by atoms with Gasteiger partial charge in [-0.15, -0.1) is 10.1 Å². The van der Waals surface area contributed by atoms with E-state index in [9.17, 15) is 10.1 Å². The zero-order chi connectivity index (χ0) is 18.1. The Balaban J connectivity index is 1.70. The van der Waals surface area contributed by atoms with Crippen LogP contribution in [0.1, 0.15) is 43.7 Å². The summed E-state index contributed by atoms with van der Waals surface area (Å²) in [6, 6.07) is 6.32. The summed E-state index contributed by atoms with van der Waals surface area (Å²) < 4.78 is 5.48. The number of ether oxygens (including phenoxy) is 1. The Kier molecular flexibility index (Phi) is 7.53. The van der Waals surface area contributed by atoms with Crippen LogP contribution in [0.3, 0.4) is 0 Å². The van der Waals surface area contributed by atoms with Gasteiger partial charge in [-0.05, 0) is 31.5 Å². The molecule has 0 saturated heterocycles. The Morgan fingerprint density at radius 2 is 2.00 bits per heavy atom. The zero-order valence-corrected chi connectivity index (χ0v) is 14.9. The molecule has 0 fully saturated rings. The normalized spacial score (nSPS) is 15.8. The van der Waals surface area contributed by atoms with Crippen LogP contribution in [0.15, 0.2) is 30.5 Å². The highest BCUT2D eigenvalue weighted by Gasteiger charge is 2.21. The molecular formula is C18H27N3O4. The van der Waals surface area contributed by atoms with E-state index in [-0.39, 0.29) is 12.6 Å². The molecule has 138 valence electrons. The first-order valence-corrected chi connectivity index (χ1v) is 8.72. The highest BCUT2D eigenvalue weighted by Crippen LogP contribution is 2.38. The fraction of sp³-hybridized carbons (Fsp3) is 0.556. The van der Waals surface area contributed by atoms with Gasteiger partial charge in [0, 0.05) is 18.8 Å². The second-order valence-corrected chi connectivity index (χ2v) is 6.11. The summed E-state index contributed by atoms with van der Waals surface area (Å²) in [5, 5.41) is 12.9. The lowest BCUT2D eigenvalue weighted by Crippen LogP contribution is -2.27. The molecule has 7 nitrogen and oxygen atoms in total. The zero-order valence-electron chi connectivity index (χ0n) is 14.9. The van der Waals surface area contributed by atoms with E-state index in [1.165, 1.54) is 5.56 Å². The molecule has 1 N–H and O–H groups in total. The SMILES string of the molecule is COc1cccc2c1N(C)C=CC2NCCCCCCCO[N+](=O)[O-]. The maximum Gasteiger partial charge on any atom is 0.294 e. The average Bonchev–Trinajstić information content (AvgIpc) is 2.61. The number of para-hydroxylation sites is 1. The number of benzene rings is 1. The number of nitrogens with zero attached hydrogens (tertiary/aromatic N) is 2. The number of nitrogens with one attached hydrogen (secondary N) is 1. The van der Waals surface area contributed by atoms with E-state index in [1.54, 1.807) is 7.11 Å². The standard InChI is InChI=1S/C18H27N3O4/c1-20-13-11-16(15-9-8-10-17(24-2)18(15)20)19-12-6-4-3-5-7-14-25-21(22)23/h8-11,13,16,19H,3-7,12,14H2,1-2H3. The van der Waals surface area contributed by atoms with Gasteiger partial charge in [-0.25, -0.2) is 0 Å². The highest BCUT2D eigenvalue weighted by molar-refractivity contribution is 5.68. The monoisotopic (exact) mass is 349 g/mol. The Hall–Kier alpha value is -2.28. The van der Waals surface area contributed by atoms with E-state index in [2.05, 4.69) is 33.4 Å². The smallest absolute Gasteiger partial charge is 0.294 e. The van der Waals surface area contributed by atoms with E-state index in [0.29, 0.717) is 0 Å². The molecule has 0 aliphatic carbocycles. The first-order valence-electron chi connectivity index (χ1n) is 8.72. The molecule has 1 aliphatic rings. The van der Waals surface area contributed by atoms with Crippen LogP contribution in [0, 0.1) is 10.1 Å². The third kappa shape index (κ3) is 5.63. The number of hydrogen-bond acceptors (Lipinski definition) is 6. The van der Waals surface area contributed by atoms with Gasteiger partial charge in [0.15, 0.2) is 0 Å². The Bertz CT molecular complexity index is 592. The molecule has 1 heterocycles. The number of unbranched alkanes of at least 4 members (excludes halogenated alkanes) is 4. The Labute approximate surface area is 148 Å². The van der Waals surface area contributed by atoms with Crippen molar-refractivity contribution in [3.05, 3.63) is 46.2 Å². The van der Waals surface area contributed by atoms with Gasteiger partial charge in [0.2, 0.25) is 0 Å². The predicted molar refractivity (Wildman–Crippen MR) is 97.3 cm³/mol. The molecule has 0 radical (unpaired) electrons. The molecule has 0 bridgehead atoms. The fourth-order valence-electron chi connectivity index (χ4n) is 3.06. The lowest BCUT2D eigenvalue weighted by Gasteiger charge is -2.30. The molecule has 0 amide bonds. The average molecular weight is 349 g/mol. The predicted octanol–water partition coefficient (Wildman–Crippen LogP) is 3.45. The minimum atomic E-state index is -0.730. The molecule has 0 saturated carbocycles. The molecule has 1 atom stereocenters. The summed E-state index contributed by atoms with van der Waals surface area (Å²) in [7, 11) is 3.72. The third-order valence-electron chi connectivity index (χ3n) is 4.32. The van der Waals surface area contributed by atoms with Crippen LogP contribution >= 0.6 is 0 Å². The van der Waals surface area contributed by atoms with E-state index < -0.39 is 5.09 Å². The van der Waals surface area contributed by atoms with Gasteiger partial charge in [0.1, 0.15) is 5.75 Å². The quantitative estimate of drug-likeness (QED) is 0.375. The van der Waals surface area contributed by atoms with E-state index in [1.807, 2.05) is 19.2 Å². The van der Waals surface area contributed by atoms with Crippen LogP contribution in [0.2, 0.25) is 0 Å². The largest absolute Gasteiger partial charge is 0.495 e. The molecule has 1 aliphatic heterocycles. The fourth-order valence-corrected chi connectivity index (χ4v) is 3.06. The van der Waals surface area contributed by atoms with Crippen molar-refractivity contribution in [3.8, 4) is 5.75 Å². The second kappa shape index (κ2) is 9.88. The molecule has 0 aromatic heterocycles. The van der Waals surface area contributed by atoms with E-state index in [4.69, 9.17) is 4.74 Å². The van der Waals surface area contributed by atoms with Gasteiger partial charge in [0.25, 0.3) is 5.09 Å². The summed E-state index contributed by atoms with van der Waals surface area (Å²) in [4.78, 5) is 16.4. The van der Waals surface area contributed by atoms with Gasteiger partial charge in [-0.3, -0.25) is 0 Å². The van der Waals surface area contributed by atoms with Crippen molar-refractivity contribution >= 4 is 5.69 Å². The maximum atomic E-state index is 10.0. The number of hydrogen-bond donors (Lipinski definition) is 1. The van der Waals surface area contributed by atoms with Gasteiger partial charge in [-0.2, -0.15) is 0 Å². The molecular weight excluding hydrogens is 322 g/mol.